The van der Waals surface area contributed by atoms with Gasteiger partial charge in [-0.15, -0.1) is 68.0 Å². The standard InChI is InChI=1S/C50H26S6/c1-3-7-27(8-4-1)39-19-31-15-35-37-17-33-21-41(53-45(33)25-49(37)55-47(35)23-43(31)51-39)29-11-13-30(14-12-29)42-22-34-18-38-36-16-32-20-40(28-9-5-2-6-10-28)52-44(32)24-48(36)56-50(38)26-46(34)54-42/h1-26H. The lowest BCUT2D eigenvalue weighted by atomic mass is 10.1. The number of rotatable bonds is 4. The SMILES string of the molecule is c1ccc(-c2cc3cc4c(cc3s2)sc2cc3sc(-c5ccc(-c6cc7cc8c(cc7s6)sc6cc7sc(-c9ccccc9)cc7cc68)cc5)cc3cc24)cc1. The van der Waals surface area contributed by atoms with Gasteiger partial charge in [-0.2, -0.15) is 0 Å². The Morgan fingerprint density at radius 1 is 0.214 bits per heavy atom. The Morgan fingerprint density at radius 3 is 0.768 bits per heavy atom. The lowest BCUT2D eigenvalue weighted by molar-refractivity contribution is 1.69. The summed E-state index contributed by atoms with van der Waals surface area (Å²) in [6, 6.07) is 59.5. The van der Waals surface area contributed by atoms with Gasteiger partial charge in [-0.05, 0) is 117 Å². The van der Waals surface area contributed by atoms with E-state index in [0.717, 1.165) is 0 Å². The number of fused-ring (bicyclic) bond motifs is 10. The van der Waals surface area contributed by atoms with Crippen LogP contribution in [-0.4, -0.2) is 0 Å². The maximum absolute atomic E-state index is 2.42. The molecule has 56 heavy (non-hydrogen) atoms. The molecule has 0 bridgehead atoms. The number of thiophene rings is 6. The summed E-state index contributed by atoms with van der Waals surface area (Å²) in [5.74, 6) is 0. The van der Waals surface area contributed by atoms with Crippen LogP contribution in [0, 0.1) is 0 Å². The highest BCUT2D eigenvalue weighted by atomic mass is 32.1. The molecule has 0 spiro atoms. The molecule has 6 aromatic heterocycles. The highest BCUT2D eigenvalue weighted by molar-refractivity contribution is 7.28. The topological polar surface area (TPSA) is 0 Å². The number of benzene rings is 7. The molecule has 0 saturated carbocycles. The molecule has 0 N–H and O–H groups in total. The molecular formula is C50H26S6. The molecular weight excluding hydrogens is 793 g/mol. The molecule has 6 heteroatoms. The van der Waals surface area contributed by atoms with E-state index in [1.807, 2.05) is 68.0 Å². The van der Waals surface area contributed by atoms with Gasteiger partial charge in [-0.3, -0.25) is 0 Å². The summed E-state index contributed by atoms with van der Waals surface area (Å²) >= 11 is 11.4. The normalized spacial score (nSPS) is 12.3. The first-order valence-corrected chi connectivity index (χ1v) is 23.4. The van der Waals surface area contributed by atoms with E-state index in [4.69, 9.17) is 0 Å². The van der Waals surface area contributed by atoms with Crippen LogP contribution in [0.25, 0.3) is 122 Å². The molecule has 0 amide bonds. The molecule has 7 aromatic carbocycles. The Hall–Kier alpha value is -5.18. The Labute approximate surface area is 345 Å². The average molecular weight is 819 g/mol. The largest absolute Gasteiger partial charge is 0.135 e. The first kappa shape index (κ1) is 32.0. The Morgan fingerprint density at radius 2 is 0.482 bits per heavy atom. The van der Waals surface area contributed by atoms with Gasteiger partial charge in [0.15, 0.2) is 0 Å². The average Bonchev–Trinajstić information content (AvgIpc) is 4.10. The van der Waals surface area contributed by atoms with Crippen LogP contribution in [0.15, 0.2) is 158 Å². The van der Waals surface area contributed by atoms with E-state index in [2.05, 4.69) is 158 Å². The molecule has 13 rings (SSSR count). The van der Waals surface area contributed by atoms with Crippen LogP contribution >= 0.6 is 68.0 Å². The van der Waals surface area contributed by atoms with E-state index in [-0.39, 0.29) is 0 Å². The van der Waals surface area contributed by atoms with Crippen molar-refractivity contribution in [1.82, 2.24) is 0 Å². The van der Waals surface area contributed by atoms with E-state index in [1.54, 1.807) is 0 Å². The maximum atomic E-state index is 2.42. The zero-order valence-corrected chi connectivity index (χ0v) is 34.4. The highest BCUT2D eigenvalue weighted by Gasteiger charge is 2.16. The zero-order chi connectivity index (χ0) is 36.5. The van der Waals surface area contributed by atoms with Crippen molar-refractivity contribution in [2.45, 2.75) is 0 Å². The lowest BCUT2D eigenvalue weighted by Crippen LogP contribution is -1.74. The van der Waals surface area contributed by atoms with E-state index in [9.17, 15) is 0 Å². The molecule has 0 nitrogen and oxygen atoms in total. The maximum Gasteiger partial charge on any atom is 0.0369 e. The van der Waals surface area contributed by atoms with Crippen molar-refractivity contribution < 1.29 is 0 Å². The molecule has 0 fully saturated rings. The van der Waals surface area contributed by atoms with Crippen LogP contribution in [0.1, 0.15) is 0 Å². The minimum Gasteiger partial charge on any atom is -0.135 e. The smallest absolute Gasteiger partial charge is 0.0369 e. The fourth-order valence-corrected chi connectivity index (χ4v) is 15.2. The van der Waals surface area contributed by atoms with Gasteiger partial charge in [-0.1, -0.05) is 84.9 Å². The third-order valence-electron chi connectivity index (χ3n) is 11.1. The third-order valence-corrected chi connectivity index (χ3v) is 17.9. The van der Waals surface area contributed by atoms with Gasteiger partial charge in [0.25, 0.3) is 0 Å². The highest BCUT2D eigenvalue weighted by Crippen LogP contribution is 2.46. The fraction of sp³-hybridized carbons (Fsp3) is 0. The second-order valence-electron chi connectivity index (χ2n) is 14.5. The molecule has 0 saturated heterocycles. The molecule has 0 aliphatic carbocycles. The Bertz CT molecular complexity index is 3430. The second-order valence-corrected chi connectivity index (χ2v) is 21.0. The van der Waals surface area contributed by atoms with Crippen LogP contribution in [-0.2, 0) is 0 Å². The van der Waals surface area contributed by atoms with Gasteiger partial charge in [0.1, 0.15) is 0 Å². The summed E-state index contributed by atoms with van der Waals surface area (Å²) in [5.41, 5.74) is 5.13. The summed E-state index contributed by atoms with van der Waals surface area (Å²) < 4.78 is 10.9. The molecule has 0 aliphatic heterocycles. The van der Waals surface area contributed by atoms with Crippen molar-refractivity contribution >= 4 is 149 Å². The Kier molecular flexibility index (Phi) is 6.94. The fourth-order valence-electron chi connectivity index (χ4n) is 8.26. The van der Waals surface area contributed by atoms with E-state index >= 15 is 0 Å². The van der Waals surface area contributed by atoms with Crippen LogP contribution < -0.4 is 0 Å². The van der Waals surface area contributed by atoms with E-state index < -0.39 is 0 Å². The van der Waals surface area contributed by atoms with Crippen LogP contribution in [0.2, 0.25) is 0 Å². The van der Waals surface area contributed by atoms with Crippen molar-refractivity contribution in [2.75, 3.05) is 0 Å². The predicted molar refractivity (Wildman–Crippen MR) is 255 cm³/mol. The molecule has 0 atom stereocenters. The van der Waals surface area contributed by atoms with Gasteiger partial charge in [0.2, 0.25) is 0 Å². The Balaban J connectivity index is 0.818. The molecule has 0 unspecified atom stereocenters. The summed E-state index contributed by atoms with van der Waals surface area (Å²) in [4.78, 5) is 5.30. The monoisotopic (exact) mass is 818 g/mol. The van der Waals surface area contributed by atoms with E-state index in [1.165, 1.54) is 122 Å². The molecule has 0 radical (unpaired) electrons. The van der Waals surface area contributed by atoms with Crippen molar-refractivity contribution in [3.63, 3.8) is 0 Å². The van der Waals surface area contributed by atoms with Crippen molar-refractivity contribution in [3.05, 3.63) is 158 Å². The van der Waals surface area contributed by atoms with Crippen molar-refractivity contribution in [2.24, 2.45) is 0 Å². The van der Waals surface area contributed by atoms with Gasteiger partial charge in [0.05, 0.1) is 0 Å². The third kappa shape index (κ3) is 5.04. The molecule has 0 aliphatic rings. The summed E-state index contributed by atoms with van der Waals surface area (Å²) in [6.45, 7) is 0. The summed E-state index contributed by atoms with van der Waals surface area (Å²) in [7, 11) is 0. The first-order chi connectivity index (χ1) is 27.6. The quantitative estimate of drug-likeness (QED) is 0.166. The minimum atomic E-state index is 1.28. The molecule has 6 heterocycles. The van der Waals surface area contributed by atoms with Gasteiger partial charge in [0, 0.05) is 78.7 Å². The first-order valence-electron chi connectivity index (χ1n) is 18.5. The lowest BCUT2D eigenvalue weighted by Gasteiger charge is -2.00. The van der Waals surface area contributed by atoms with Gasteiger partial charge >= 0.3 is 0 Å². The summed E-state index contributed by atoms with van der Waals surface area (Å²) in [5, 5.41) is 10.8. The zero-order valence-electron chi connectivity index (χ0n) is 29.5. The molecule has 262 valence electrons. The number of hydrogen-bond acceptors (Lipinski definition) is 6. The van der Waals surface area contributed by atoms with E-state index in [0.29, 0.717) is 0 Å². The van der Waals surface area contributed by atoms with Crippen LogP contribution in [0.5, 0.6) is 0 Å². The predicted octanol–water partition coefficient (Wildman–Crippen LogP) is 17.9. The van der Waals surface area contributed by atoms with Gasteiger partial charge < -0.3 is 0 Å². The second kappa shape index (κ2) is 12.2. The van der Waals surface area contributed by atoms with Crippen LogP contribution in [0.4, 0.5) is 0 Å². The number of hydrogen-bond donors (Lipinski definition) is 0. The van der Waals surface area contributed by atoms with Gasteiger partial charge in [-0.25, -0.2) is 0 Å². The van der Waals surface area contributed by atoms with Crippen molar-refractivity contribution in [3.8, 4) is 41.8 Å². The summed E-state index contributed by atoms with van der Waals surface area (Å²) in [6.07, 6.45) is 0. The molecule has 13 aromatic rings. The minimum absolute atomic E-state index is 1.28. The van der Waals surface area contributed by atoms with Crippen LogP contribution in [0.3, 0.4) is 0 Å². The van der Waals surface area contributed by atoms with Crippen molar-refractivity contribution in [1.29, 1.82) is 0 Å².